The molecule has 0 saturated carbocycles. The Bertz CT molecular complexity index is 1550. The number of carbonyl (C=O) groups is 1. The molecule has 0 aliphatic rings. The Morgan fingerprint density at radius 2 is 1.60 bits per heavy atom. The van der Waals surface area contributed by atoms with Gasteiger partial charge in [0, 0.05) is 12.2 Å². The van der Waals surface area contributed by atoms with E-state index in [1.807, 2.05) is 103 Å². The lowest BCUT2D eigenvalue weighted by Crippen LogP contribution is -2.36. The first-order valence-corrected chi connectivity index (χ1v) is 12.4. The van der Waals surface area contributed by atoms with Gasteiger partial charge in [-0.05, 0) is 43.7 Å². The van der Waals surface area contributed by atoms with E-state index in [9.17, 15) is 9.59 Å². The standard InChI is InChI=1S/C27H25N5O2S/c1-3-30(21-14-8-5-9-15-21)24(33)19(2)35-27-29-28-26-31(18-20-12-6-4-7-13-20)25(34)22-16-10-11-17-23(22)32(26)27/h4-17,19H,3,18H2,1-2H3. The third kappa shape index (κ3) is 4.33. The molecule has 35 heavy (non-hydrogen) atoms. The highest BCUT2D eigenvalue weighted by molar-refractivity contribution is 8.00. The summed E-state index contributed by atoms with van der Waals surface area (Å²) in [5.41, 5.74) is 2.46. The maximum absolute atomic E-state index is 13.4. The molecule has 176 valence electrons. The van der Waals surface area contributed by atoms with Crippen LogP contribution in [0.5, 0.6) is 0 Å². The van der Waals surface area contributed by atoms with Gasteiger partial charge in [0.05, 0.1) is 22.7 Å². The first-order chi connectivity index (χ1) is 17.1. The molecule has 8 heteroatoms. The van der Waals surface area contributed by atoms with Crippen molar-refractivity contribution in [2.45, 2.75) is 30.8 Å². The van der Waals surface area contributed by atoms with Crippen LogP contribution < -0.4 is 10.5 Å². The van der Waals surface area contributed by atoms with Crippen LogP contribution in [0.1, 0.15) is 19.4 Å². The van der Waals surface area contributed by atoms with Crippen LogP contribution in [0.4, 0.5) is 5.69 Å². The number of para-hydroxylation sites is 2. The van der Waals surface area contributed by atoms with Gasteiger partial charge in [-0.15, -0.1) is 10.2 Å². The van der Waals surface area contributed by atoms with Crippen LogP contribution in [-0.4, -0.2) is 36.9 Å². The third-order valence-corrected chi connectivity index (χ3v) is 6.97. The maximum Gasteiger partial charge on any atom is 0.263 e. The van der Waals surface area contributed by atoms with E-state index >= 15 is 0 Å². The van der Waals surface area contributed by atoms with Crippen molar-refractivity contribution >= 4 is 40.0 Å². The molecule has 1 amide bonds. The smallest absolute Gasteiger partial charge is 0.263 e. The normalized spacial score (nSPS) is 12.2. The number of carbonyl (C=O) groups excluding carboxylic acids is 1. The largest absolute Gasteiger partial charge is 0.312 e. The highest BCUT2D eigenvalue weighted by atomic mass is 32.2. The predicted octanol–water partition coefficient (Wildman–Crippen LogP) is 4.63. The van der Waals surface area contributed by atoms with Crippen LogP contribution >= 0.6 is 11.8 Å². The fourth-order valence-corrected chi connectivity index (χ4v) is 5.14. The van der Waals surface area contributed by atoms with Gasteiger partial charge in [0.25, 0.3) is 5.56 Å². The second-order valence-corrected chi connectivity index (χ2v) is 9.50. The molecule has 0 N–H and O–H groups in total. The highest BCUT2D eigenvalue weighted by Crippen LogP contribution is 2.27. The van der Waals surface area contributed by atoms with E-state index in [0.29, 0.717) is 29.4 Å². The first-order valence-electron chi connectivity index (χ1n) is 11.5. The van der Waals surface area contributed by atoms with Crippen molar-refractivity contribution in [3.05, 3.63) is 101 Å². The molecular weight excluding hydrogens is 458 g/mol. The van der Waals surface area contributed by atoms with Gasteiger partial charge < -0.3 is 4.90 Å². The summed E-state index contributed by atoms with van der Waals surface area (Å²) >= 11 is 1.34. The van der Waals surface area contributed by atoms with Crippen LogP contribution in [-0.2, 0) is 11.3 Å². The van der Waals surface area contributed by atoms with Crippen molar-refractivity contribution < 1.29 is 4.79 Å². The van der Waals surface area contributed by atoms with Crippen molar-refractivity contribution in [2.24, 2.45) is 0 Å². The minimum absolute atomic E-state index is 0.0117. The van der Waals surface area contributed by atoms with Crippen molar-refractivity contribution in [3.63, 3.8) is 0 Å². The number of thioether (sulfide) groups is 1. The number of anilines is 1. The Balaban J connectivity index is 1.56. The van der Waals surface area contributed by atoms with Crippen LogP contribution in [0.3, 0.4) is 0 Å². The average Bonchev–Trinajstić information content (AvgIpc) is 3.31. The zero-order valence-electron chi connectivity index (χ0n) is 19.5. The van der Waals surface area contributed by atoms with Gasteiger partial charge in [-0.1, -0.05) is 72.4 Å². The number of aromatic nitrogens is 4. The third-order valence-electron chi connectivity index (χ3n) is 5.94. The fraction of sp³-hybridized carbons (Fsp3) is 0.185. The number of benzene rings is 3. The van der Waals surface area contributed by atoms with Crippen LogP contribution in [0.2, 0.25) is 0 Å². The van der Waals surface area contributed by atoms with Gasteiger partial charge in [0.2, 0.25) is 11.7 Å². The van der Waals surface area contributed by atoms with Crippen molar-refractivity contribution in [2.75, 3.05) is 11.4 Å². The average molecular weight is 484 g/mol. The number of fused-ring (bicyclic) bond motifs is 3. The number of amides is 1. The van der Waals surface area contributed by atoms with E-state index in [1.54, 1.807) is 9.47 Å². The number of rotatable bonds is 7. The quantitative estimate of drug-likeness (QED) is 0.316. The summed E-state index contributed by atoms with van der Waals surface area (Å²) in [6, 6.07) is 26.9. The SMILES string of the molecule is CCN(C(=O)C(C)Sc1nnc2n(Cc3ccccc3)c(=O)c3ccccc3n12)c1ccccc1. The lowest BCUT2D eigenvalue weighted by Gasteiger charge is -2.24. The van der Waals surface area contributed by atoms with Gasteiger partial charge in [-0.25, -0.2) is 0 Å². The molecule has 0 radical (unpaired) electrons. The molecule has 3 aromatic carbocycles. The minimum Gasteiger partial charge on any atom is -0.312 e. The summed E-state index contributed by atoms with van der Waals surface area (Å²) in [7, 11) is 0. The Morgan fingerprint density at radius 1 is 0.943 bits per heavy atom. The highest BCUT2D eigenvalue weighted by Gasteiger charge is 2.25. The summed E-state index contributed by atoms with van der Waals surface area (Å²) in [5.74, 6) is 0.442. The summed E-state index contributed by atoms with van der Waals surface area (Å²) in [6.07, 6.45) is 0. The van der Waals surface area contributed by atoms with Crippen molar-refractivity contribution in [1.82, 2.24) is 19.2 Å². The summed E-state index contributed by atoms with van der Waals surface area (Å²) < 4.78 is 3.52. The van der Waals surface area contributed by atoms with Crippen molar-refractivity contribution in [3.8, 4) is 0 Å². The van der Waals surface area contributed by atoms with E-state index in [-0.39, 0.29) is 11.5 Å². The molecule has 1 unspecified atom stereocenters. The number of hydrogen-bond acceptors (Lipinski definition) is 5. The lowest BCUT2D eigenvalue weighted by atomic mass is 10.2. The molecular formula is C27H25N5O2S. The minimum atomic E-state index is -0.407. The summed E-state index contributed by atoms with van der Waals surface area (Å²) in [6.45, 7) is 4.78. The van der Waals surface area contributed by atoms with Gasteiger partial charge >= 0.3 is 0 Å². The number of hydrogen-bond donors (Lipinski definition) is 0. The molecule has 2 aromatic heterocycles. The van der Waals surface area contributed by atoms with E-state index in [2.05, 4.69) is 10.2 Å². The van der Waals surface area contributed by atoms with E-state index in [4.69, 9.17) is 0 Å². The predicted molar refractivity (Wildman–Crippen MR) is 140 cm³/mol. The first kappa shape index (κ1) is 22.9. The molecule has 0 aliphatic carbocycles. The summed E-state index contributed by atoms with van der Waals surface area (Å²) in [5, 5.41) is 9.55. The van der Waals surface area contributed by atoms with E-state index < -0.39 is 5.25 Å². The van der Waals surface area contributed by atoms with Crippen molar-refractivity contribution in [1.29, 1.82) is 0 Å². The van der Waals surface area contributed by atoms with Crippen LogP contribution in [0, 0.1) is 0 Å². The second kappa shape index (κ2) is 9.76. The molecule has 5 rings (SSSR count). The molecule has 1 atom stereocenters. The molecule has 0 fully saturated rings. The Labute approximate surface area is 207 Å². The van der Waals surface area contributed by atoms with E-state index in [0.717, 1.165) is 16.8 Å². The second-order valence-electron chi connectivity index (χ2n) is 8.19. The van der Waals surface area contributed by atoms with Gasteiger partial charge in [0.1, 0.15) is 0 Å². The molecule has 0 saturated heterocycles. The molecule has 0 spiro atoms. The lowest BCUT2D eigenvalue weighted by molar-refractivity contribution is -0.117. The van der Waals surface area contributed by atoms with Crippen LogP contribution in [0.15, 0.2) is 94.9 Å². The summed E-state index contributed by atoms with van der Waals surface area (Å²) in [4.78, 5) is 28.5. The van der Waals surface area contributed by atoms with Crippen LogP contribution in [0.25, 0.3) is 16.7 Å². The monoisotopic (exact) mass is 483 g/mol. The fourth-order valence-electron chi connectivity index (χ4n) is 4.22. The number of nitrogens with zero attached hydrogens (tertiary/aromatic N) is 5. The maximum atomic E-state index is 13.4. The van der Waals surface area contributed by atoms with Gasteiger partial charge in [-0.3, -0.25) is 18.6 Å². The molecule has 5 aromatic rings. The van der Waals surface area contributed by atoms with E-state index in [1.165, 1.54) is 11.8 Å². The molecule has 0 bridgehead atoms. The zero-order valence-corrected chi connectivity index (χ0v) is 20.4. The molecule has 2 heterocycles. The van der Waals surface area contributed by atoms with Gasteiger partial charge in [0.15, 0.2) is 5.16 Å². The Kier molecular flexibility index (Phi) is 6.37. The zero-order chi connectivity index (χ0) is 24.4. The van der Waals surface area contributed by atoms with Gasteiger partial charge in [-0.2, -0.15) is 0 Å². The molecule has 0 aliphatic heterocycles. The Morgan fingerprint density at radius 3 is 2.31 bits per heavy atom. The Hall–Kier alpha value is -3.91. The topological polar surface area (TPSA) is 72.5 Å². The molecule has 7 nitrogen and oxygen atoms in total.